The van der Waals surface area contributed by atoms with Gasteiger partial charge in [-0.1, -0.05) is 61.9 Å². The van der Waals surface area contributed by atoms with Gasteiger partial charge in [-0.2, -0.15) is 0 Å². The van der Waals surface area contributed by atoms with Crippen LogP contribution in [0.1, 0.15) is 53.4 Å². The SMILES string of the molecule is Cc1cc(C)c(C(=O)C(C(C)C)C(C)(Cc2ccccc2)C(=O)O)c(C)c1. The van der Waals surface area contributed by atoms with Crippen LogP contribution in [0.2, 0.25) is 0 Å². The van der Waals surface area contributed by atoms with Crippen molar-refractivity contribution < 1.29 is 14.7 Å². The molecule has 0 aliphatic rings. The van der Waals surface area contributed by atoms with Crippen molar-refractivity contribution in [2.75, 3.05) is 0 Å². The Bertz CT molecular complexity index is 813. The molecule has 27 heavy (non-hydrogen) atoms. The molecule has 2 aromatic rings. The standard InChI is InChI=1S/C24H30O3/c1-15(2)21(22(25)20-17(4)12-16(3)13-18(20)5)24(6,23(26)27)14-19-10-8-7-9-11-19/h7-13,15,21H,14H2,1-6H3,(H,26,27). The summed E-state index contributed by atoms with van der Waals surface area (Å²) in [6.45, 7) is 11.5. The largest absolute Gasteiger partial charge is 0.481 e. The van der Waals surface area contributed by atoms with Crippen LogP contribution in [0.3, 0.4) is 0 Å². The molecule has 0 radical (unpaired) electrons. The van der Waals surface area contributed by atoms with Crippen LogP contribution in [0.15, 0.2) is 42.5 Å². The van der Waals surface area contributed by atoms with Crippen LogP contribution in [0.25, 0.3) is 0 Å². The van der Waals surface area contributed by atoms with Crippen molar-refractivity contribution in [1.29, 1.82) is 0 Å². The first-order chi connectivity index (χ1) is 12.6. The van der Waals surface area contributed by atoms with E-state index in [4.69, 9.17) is 0 Å². The van der Waals surface area contributed by atoms with E-state index in [1.54, 1.807) is 6.92 Å². The molecule has 1 N–H and O–H groups in total. The van der Waals surface area contributed by atoms with Crippen molar-refractivity contribution >= 4 is 11.8 Å². The van der Waals surface area contributed by atoms with Gasteiger partial charge in [-0.05, 0) is 56.7 Å². The average Bonchev–Trinajstić information content (AvgIpc) is 2.54. The number of rotatable bonds is 7. The van der Waals surface area contributed by atoms with Gasteiger partial charge < -0.3 is 5.11 Å². The summed E-state index contributed by atoms with van der Waals surface area (Å²) in [7, 11) is 0. The summed E-state index contributed by atoms with van der Waals surface area (Å²) < 4.78 is 0. The number of carbonyl (C=O) groups is 2. The molecule has 0 aromatic heterocycles. The van der Waals surface area contributed by atoms with Gasteiger partial charge in [0.1, 0.15) is 0 Å². The van der Waals surface area contributed by atoms with E-state index >= 15 is 0 Å². The summed E-state index contributed by atoms with van der Waals surface area (Å²) in [4.78, 5) is 26.0. The Morgan fingerprint density at radius 2 is 1.52 bits per heavy atom. The first kappa shape index (κ1) is 20.9. The number of aryl methyl sites for hydroxylation is 3. The van der Waals surface area contributed by atoms with Crippen LogP contribution in [0.5, 0.6) is 0 Å². The third kappa shape index (κ3) is 4.29. The van der Waals surface area contributed by atoms with E-state index in [2.05, 4.69) is 0 Å². The van der Waals surface area contributed by atoms with Crippen molar-refractivity contribution in [3.63, 3.8) is 0 Å². The highest BCUT2D eigenvalue weighted by Crippen LogP contribution is 2.40. The van der Waals surface area contributed by atoms with E-state index in [0.29, 0.717) is 12.0 Å². The average molecular weight is 367 g/mol. The van der Waals surface area contributed by atoms with Crippen molar-refractivity contribution in [3.05, 3.63) is 70.3 Å². The Kier molecular flexibility index (Phi) is 6.25. The number of aliphatic carboxylic acids is 1. The Hall–Kier alpha value is -2.42. The van der Waals surface area contributed by atoms with Crippen LogP contribution in [0, 0.1) is 38.0 Å². The van der Waals surface area contributed by atoms with Crippen LogP contribution in [-0.2, 0) is 11.2 Å². The van der Waals surface area contributed by atoms with Gasteiger partial charge in [0.2, 0.25) is 0 Å². The number of carboxylic acids is 1. The molecule has 2 aromatic carbocycles. The van der Waals surface area contributed by atoms with Gasteiger partial charge in [-0.15, -0.1) is 0 Å². The summed E-state index contributed by atoms with van der Waals surface area (Å²) in [6.07, 6.45) is 0.321. The van der Waals surface area contributed by atoms with E-state index in [-0.39, 0.29) is 11.7 Å². The van der Waals surface area contributed by atoms with Gasteiger partial charge in [0.05, 0.1) is 5.41 Å². The van der Waals surface area contributed by atoms with E-state index in [1.165, 1.54) is 0 Å². The van der Waals surface area contributed by atoms with Crippen LogP contribution in [-0.4, -0.2) is 16.9 Å². The van der Waals surface area contributed by atoms with E-state index in [1.807, 2.05) is 77.1 Å². The zero-order chi connectivity index (χ0) is 20.4. The topological polar surface area (TPSA) is 54.4 Å². The van der Waals surface area contributed by atoms with Crippen molar-refractivity contribution in [2.45, 2.75) is 48.0 Å². The molecular formula is C24H30O3. The number of Topliss-reactive ketones (excluding diaryl/α,β-unsaturated/α-hetero) is 1. The van der Waals surface area contributed by atoms with Gasteiger partial charge in [0, 0.05) is 11.5 Å². The molecule has 2 rings (SSSR count). The smallest absolute Gasteiger partial charge is 0.310 e. The van der Waals surface area contributed by atoms with E-state index in [0.717, 1.165) is 22.3 Å². The monoisotopic (exact) mass is 366 g/mol. The van der Waals surface area contributed by atoms with Gasteiger partial charge in [-0.3, -0.25) is 9.59 Å². The fourth-order valence-corrected chi connectivity index (χ4v) is 4.39. The third-order valence-corrected chi connectivity index (χ3v) is 5.46. The zero-order valence-corrected chi connectivity index (χ0v) is 17.2. The second-order valence-corrected chi connectivity index (χ2v) is 8.24. The normalized spacial score (nSPS) is 14.6. The molecule has 0 saturated carbocycles. The third-order valence-electron chi connectivity index (χ3n) is 5.46. The molecule has 0 saturated heterocycles. The highest BCUT2D eigenvalue weighted by Gasteiger charge is 2.47. The molecule has 0 heterocycles. The lowest BCUT2D eigenvalue weighted by Crippen LogP contribution is -2.45. The first-order valence-electron chi connectivity index (χ1n) is 9.47. The van der Waals surface area contributed by atoms with Crippen LogP contribution in [0.4, 0.5) is 0 Å². The second-order valence-electron chi connectivity index (χ2n) is 8.24. The highest BCUT2D eigenvalue weighted by molar-refractivity contribution is 6.03. The number of carbonyl (C=O) groups excluding carboxylic acids is 1. The maximum Gasteiger partial charge on any atom is 0.310 e. The predicted molar refractivity (Wildman–Crippen MR) is 109 cm³/mol. The quantitative estimate of drug-likeness (QED) is 0.668. The van der Waals surface area contributed by atoms with Crippen molar-refractivity contribution in [2.24, 2.45) is 17.3 Å². The molecule has 0 aliphatic heterocycles. The molecule has 0 spiro atoms. The maximum absolute atomic E-state index is 13.6. The summed E-state index contributed by atoms with van der Waals surface area (Å²) in [5.74, 6) is -1.71. The zero-order valence-electron chi connectivity index (χ0n) is 17.2. The second kappa shape index (κ2) is 8.08. The van der Waals surface area contributed by atoms with Gasteiger partial charge in [-0.25, -0.2) is 0 Å². The molecule has 0 amide bonds. The van der Waals surface area contributed by atoms with E-state index < -0.39 is 17.3 Å². The number of ketones is 1. The minimum atomic E-state index is -1.18. The maximum atomic E-state index is 13.6. The molecule has 0 aliphatic carbocycles. The Labute approximate surface area is 162 Å². The fourth-order valence-electron chi connectivity index (χ4n) is 4.39. The molecule has 0 bridgehead atoms. The summed E-state index contributed by atoms with van der Waals surface area (Å²) >= 11 is 0. The first-order valence-corrected chi connectivity index (χ1v) is 9.47. The van der Waals surface area contributed by atoms with Crippen LogP contribution >= 0.6 is 0 Å². The number of carboxylic acid groups (broad SMARTS) is 1. The minimum Gasteiger partial charge on any atom is -0.481 e. The molecule has 144 valence electrons. The predicted octanol–water partition coefficient (Wildman–Crippen LogP) is 5.40. The number of hydrogen-bond acceptors (Lipinski definition) is 2. The fraction of sp³-hybridized carbons (Fsp3) is 0.417. The van der Waals surface area contributed by atoms with Crippen molar-refractivity contribution in [3.8, 4) is 0 Å². The molecule has 2 atom stereocenters. The molecule has 3 heteroatoms. The Morgan fingerprint density at radius 1 is 1.00 bits per heavy atom. The summed E-state index contributed by atoms with van der Waals surface area (Å²) in [6, 6.07) is 13.5. The van der Waals surface area contributed by atoms with E-state index in [9.17, 15) is 14.7 Å². The number of benzene rings is 2. The lowest BCUT2D eigenvalue weighted by atomic mass is 9.65. The summed E-state index contributed by atoms with van der Waals surface area (Å²) in [5.41, 5.74) is 3.34. The molecular weight excluding hydrogens is 336 g/mol. The molecule has 2 unspecified atom stereocenters. The summed E-state index contributed by atoms with van der Waals surface area (Å²) in [5, 5.41) is 10.1. The Morgan fingerprint density at radius 3 is 1.96 bits per heavy atom. The molecule has 3 nitrogen and oxygen atoms in total. The Balaban J connectivity index is 2.56. The highest BCUT2D eigenvalue weighted by atomic mass is 16.4. The number of hydrogen-bond donors (Lipinski definition) is 1. The molecule has 0 fully saturated rings. The lowest BCUT2D eigenvalue weighted by Gasteiger charge is -2.36. The van der Waals surface area contributed by atoms with Crippen molar-refractivity contribution in [1.82, 2.24) is 0 Å². The minimum absolute atomic E-state index is 0.0687. The van der Waals surface area contributed by atoms with Gasteiger partial charge in [0.15, 0.2) is 5.78 Å². The lowest BCUT2D eigenvalue weighted by molar-refractivity contribution is -0.151. The van der Waals surface area contributed by atoms with Crippen LogP contribution < -0.4 is 0 Å². The van der Waals surface area contributed by atoms with Gasteiger partial charge >= 0.3 is 5.97 Å². The van der Waals surface area contributed by atoms with Gasteiger partial charge in [0.25, 0.3) is 0 Å².